The lowest BCUT2D eigenvalue weighted by Crippen LogP contribution is -2.32. The van der Waals surface area contributed by atoms with Gasteiger partial charge in [-0.05, 0) is 31.0 Å². The molecule has 0 spiro atoms. The molecular weight excluding hydrogens is 226 g/mol. The van der Waals surface area contributed by atoms with Crippen molar-refractivity contribution in [2.45, 2.75) is 36.3 Å². The second-order valence-corrected chi connectivity index (χ2v) is 5.63. The normalized spacial score (nSPS) is 11.7. The first kappa shape index (κ1) is 12.9. The molecule has 0 aromatic heterocycles. The Bertz CT molecular complexity index is 302. The summed E-state index contributed by atoms with van der Waals surface area (Å²) in [7, 11) is 0. The number of benzene rings is 1. The summed E-state index contributed by atoms with van der Waals surface area (Å²) in [6.45, 7) is 5.08. The van der Waals surface area contributed by atoms with Gasteiger partial charge in [0.2, 0.25) is 0 Å². The molecule has 1 rings (SSSR count). The molecule has 0 saturated carbocycles. The maximum Gasteiger partial charge on any atom is 0.0417 e. The van der Waals surface area contributed by atoms with Crippen LogP contribution in [0.1, 0.15) is 26.7 Å². The minimum Gasteiger partial charge on any atom is -0.329 e. The first-order valence-corrected chi connectivity index (χ1v) is 6.50. The predicted octanol–water partition coefficient (Wildman–Crippen LogP) is 3.95. The van der Waals surface area contributed by atoms with E-state index in [1.165, 1.54) is 4.90 Å². The van der Waals surface area contributed by atoms with Gasteiger partial charge in [0, 0.05) is 21.2 Å². The molecule has 1 nitrogen and oxygen atoms in total. The lowest BCUT2D eigenvalue weighted by atomic mass is 10.0. The average Bonchev–Trinajstić information content (AvgIpc) is 2.26. The van der Waals surface area contributed by atoms with E-state index in [9.17, 15) is 0 Å². The molecular formula is C12H18ClNS. The number of nitrogens with two attached hydrogens (primary N) is 1. The molecule has 0 aliphatic heterocycles. The van der Waals surface area contributed by atoms with Crippen LogP contribution in [0.15, 0.2) is 29.2 Å². The molecule has 0 aliphatic rings. The third-order valence-corrected chi connectivity index (χ3v) is 4.69. The molecule has 0 heterocycles. The Hall–Kier alpha value is -0.180. The van der Waals surface area contributed by atoms with Crippen LogP contribution >= 0.6 is 23.4 Å². The van der Waals surface area contributed by atoms with E-state index in [-0.39, 0.29) is 4.75 Å². The molecule has 0 amide bonds. The maximum atomic E-state index is 5.96. The summed E-state index contributed by atoms with van der Waals surface area (Å²) in [5.74, 6) is 0. The fraction of sp³-hybridized carbons (Fsp3) is 0.500. The van der Waals surface area contributed by atoms with Crippen LogP contribution in [-0.4, -0.2) is 11.3 Å². The summed E-state index contributed by atoms with van der Waals surface area (Å²) < 4.78 is 0.157. The molecule has 0 fully saturated rings. The fourth-order valence-corrected chi connectivity index (χ4v) is 2.96. The lowest BCUT2D eigenvalue weighted by molar-refractivity contribution is 0.558. The van der Waals surface area contributed by atoms with Crippen LogP contribution < -0.4 is 5.73 Å². The van der Waals surface area contributed by atoms with Gasteiger partial charge in [0.05, 0.1) is 0 Å². The Labute approximate surface area is 101 Å². The summed E-state index contributed by atoms with van der Waals surface area (Å²) in [4.78, 5) is 1.21. The maximum absolute atomic E-state index is 5.96. The molecule has 0 saturated heterocycles. The van der Waals surface area contributed by atoms with Gasteiger partial charge < -0.3 is 5.73 Å². The summed E-state index contributed by atoms with van der Waals surface area (Å²) in [5, 5.41) is 0.790. The van der Waals surface area contributed by atoms with Gasteiger partial charge in [0.1, 0.15) is 0 Å². The average molecular weight is 244 g/mol. The molecule has 2 N–H and O–H groups in total. The number of rotatable bonds is 5. The highest BCUT2D eigenvalue weighted by Crippen LogP contribution is 2.38. The van der Waals surface area contributed by atoms with Crippen molar-refractivity contribution in [3.8, 4) is 0 Å². The Kier molecular flexibility index (Phi) is 4.97. The third-order valence-electron chi connectivity index (χ3n) is 2.79. The molecule has 1 aromatic rings. The van der Waals surface area contributed by atoms with E-state index >= 15 is 0 Å². The molecule has 0 unspecified atom stereocenters. The zero-order valence-electron chi connectivity index (χ0n) is 9.29. The minimum absolute atomic E-state index is 0.157. The molecule has 0 atom stereocenters. The van der Waals surface area contributed by atoms with E-state index in [0.29, 0.717) is 6.54 Å². The lowest BCUT2D eigenvalue weighted by Gasteiger charge is -2.29. The number of thioether (sulfide) groups is 1. The van der Waals surface area contributed by atoms with Gasteiger partial charge in [-0.25, -0.2) is 0 Å². The number of hydrogen-bond donors (Lipinski definition) is 1. The van der Waals surface area contributed by atoms with Crippen molar-refractivity contribution in [3.05, 3.63) is 29.3 Å². The van der Waals surface area contributed by atoms with Gasteiger partial charge in [0.25, 0.3) is 0 Å². The summed E-state index contributed by atoms with van der Waals surface area (Å²) in [6.07, 6.45) is 2.16. The van der Waals surface area contributed by atoms with E-state index < -0.39 is 0 Å². The van der Waals surface area contributed by atoms with Crippen molar-refractivity contribution in [1.29, 1.82) is 0 Å². The van der Waals surface area contributed by atoms with Crippen LogP contribution in [0.2, 0.25) is 5.02 Å². The Morgan fingerprint density at radius 2 is 2.00 bits per heavy atom. The van der Waals surface area contributed by atoms with Crippen molar-refractivity contribution in [2.24, 2.45) is 5.73 Å². The van der Waals surface area contributed by atoms with Crippen molar-refractivity contribution in [3.63, 3.8) is 0 Å². The van der Waals surface area contributed by atoms with Gasteiger partial charge >= 0.3 is 0 Å². The fourth-order valence-electron chi connectivity index (χ4n) is 1.51. The monoisotopic (exact) mass is 243 g/mol. The second-order valence-electron chi connectivity index (χ2n) is 3.65. The SMILES string of the molecule is CCC(CC)(CN)Sc1cccc(Cl)c1. The largest absolute Gasteiger partial charge is 0.329 e. The van der Waals surface area contributed by atoms with Crippen molar-refractivity contribution in [1.82, 2.24) is 0 Å². The van der Waals surface area contributed by atoms with E-state index in [0.717, 1.165) is 17.9 Å². The van der Waals surface area contributed by atoms with Gasteiger partial charge in [-0.1, -0.05) is 31.5 Å². The van der Waals surface area contributed by atoms with Crippen LogP contribution in [0.4, 0.5) is 0 Å². The van der Waals surface area contributed by atoms with Crippen molar-refractivity contribution >= 4 is 23.4 Å². The van der Waals surface area contributed by atoms with E-state index in [2.05, 4.69) is 19.9 Å². The highest BCUT2D eigenvalue weighted by atomic mass is 35.5. The molecule has 15 heavy (non-hydrogen) atoms. The molecule has 0 aliphatic carbocycles. The number of halogens is 1. The number of hydrogen-bond acceptors (Lipinski definition) is 2. The standard InChI is InChI=1S/C12H18ClNS/c1-3-12(4-2,9-14)15-11-7-5-6-10(13)8-11/h5-8H,3-4,9,14H2,1-2H3. The minimum atomic E-state index is 0.157. The molecule has 0 radical (unpaired) electrons. The highest BCUT2D eigenvalue weighted by molar-refractivity contribution is 8.00. The van der Waals surface area contributed by atoms with E-state index in [1.54, 1.807) is 0 Å². The predicted molar refractivity (Wildman–Crippen MR) is 69.7 cm³/mol. The Morgan fingerprint density at radius 1 is 1.33 bits per heavy atom. The highest BCUT2D eigenvalue weighted by Gasteiger charge is 2.25. The Balaban J connectivity index is 2.82. The smallest absolute Gasteiger partial charge is 0.0417 e. The first-order valence-electron chi connectivity index (χ1n) is 5.30. The quantitative estimate of drug-likeness (QED) is 0.793. The second kappa shape index (κ2) is 5.78. The topological polar surface area (TPSA) is 26.0 Å². The zero-order valence-corrected chi connectivity index (χ0v) is 10.9. The van der Waals surface area contributed by atoms with E-state index in [1.807, 2.05) is 30.0 Å². The molecule has 0 bridgehead atoms. The summed E-state index contributed by atoms with van der Waals surface area (Å²) in [5.41, 5.74) is 5.86. The molecule has 1 aromatic carbocycles. The van der Waals surface area contributed by atoms with Gasteiger partial charge in [-0.3, -0.25) is 0 Å². The van der Waals surface area contributed by atoms with E-state index in [4.69, 9.17) is 17.3 Å². The van der Waals surface area contributed by atoms with Gasteiger partial charge in [0.15, 0.2) is 0 Å². The van der Waals surface area contributed by atoms with Crippen LogP contribution in [0.5, 0.6) is 0 Å². The zero-order chi connectivity index (χ0) is 11.3. The van der Waals surface area contributed by atoms with Crippen molar-refractivity contribution in [2.75, 3.05) is 6.54 Å². The molecule has 84 valence electrons. The third kappa shape index (κ3) is 3.40. The first-order chi connectivity index (χ1) is 7.15. The van der Waals surface area contributed by atoms with Crippen molar-refractivity contribution < 1.29 is 0 Å². The van der Waals surface area contributed by atoms with Crippen LogP contribution in [0.25, 0.3) is 0 Å². The van der Waals surface area contributed by atoms with Crippen LogP contribution in [0, 0.1) is 0 Å². The van der Waals surface area contributed by atoms with Gasteiger partial charge in [-0.2, -0.15) is 0 Å². The van der Waals surface area contributed by atoms with Gasteiger partial charge in [-0.15, -0.1) is 11.8 Å². The molecule has 3 heteroatoms. The Morgan fingerprint density at radius 3 is 2.47 bits per heavy atom. The summed E-state index contributed by atoms with van der Waals surface area (Å²) in [6, 6.07) is 7.97. The summed E-state index contributed by atoms with van der Waals surface area (Å²) >= 11 is 7.80. The van der Waals surface area contributed by atoms with Crippen LogP contribution in [-0.2, 0) is 0 Å². The van der Waals surface area contributed by atoms with Crippen LogP contribution in [0.3, 0.4) is 0 Å².